The zero-order valence-electron chi connectivity index (χ0n) is 40.0. The molecule has 0 saturated heterocycles. The van der Waals surface area contributed by atoms with Crippen LogP contribution in [0.25, 0.3) is 0 Å². The van der Waals surface area contributed by atoms with Crippen LogP contribution in [0.5, 0.6) is 11.5 Å². The summed E-state index contributed by atoms with van der Waals surface area (Å²) in [5.41, 5.74) is 1.67. The van der Waals surface area contributed by atoms with Gasteiger partial charge in [0, 0.05) is 0 Å². The van der Waals surface area contributed by atoms with Gasteiger partial charge in [-0.1, -0.05) is 258 Å². The Bertz CT molecular complexity index is 1070. The topological polar surface area (TPSA) is 43.2 Å². The van der Waals surface area contributed by atoms with Crippen LogP contribution in [0.2, 0.25) is 0 Å². The summed E-state index contributed by atoms with van der Waals surface area (Å²) in [5.74, 6) is 1.82. The van der Waals surface area contributed by atoms with Gasteiger partial charge in [-0.05, 0) is 61.4 Å². The molecule has 2 aromatic rings. The summed E-state index contributed by atoms with van der Waals surface area (Å²) >= 11 is 0. The highest BCUT2D eigenvalue weighted by Gasteiger charge is 2.01. The van der Waals surface area contributed by atoms with Gasteiger partial charge in [-0.2, -0.15) is 10.2 Å². The number of benzene rings is 2. The van der Waals surface area contributed by atoms with E-state index in [4.69, 9.17) is 9.47 Å². The summed E-state index contributed by atoms with van der Waals surface area (Å²) in [6.45, 7) is 6.17. The van der Waals surface area contributed by atoms with Crippen molar-refractivity contribution in [2.75, 3.05) is 13.2 Å². The van der Waals surface area contributed by atoms with E-state index in [2.05, 4.69) is 24.1 Å². The molecule has 0 aromatic heterocycles. The lowest BCUT2D eigenvalue weighted by atomic mass is 10.0. The van der Waals surface area contributed by atoms with Crippen LogP contribution in [-0.2, 0) is 0 Å². The van der Waals surface area contributed by atoms with Crippen molar-refractivity contribution in [2.24, 2.45) is 10.2 Å². The smallest absolute Gasteiger partial charge is 0.119 e. The van der Waals surface area contributed by atoms with Crippen molar-refractivity contribution in [3.05, 3.63) is 48.5 Å². The predicted octanol–water partition coefficient (Wildman–Crippen LogP) is 20.5. The molecule has 4 heteroatoms. The molecule has 0 atom stereocenters. The molecule has 0 aliphatic carbocycles. The van der Waals surface area contributed by atoms with E-state index in [1.54, 1.807) is 0 Å². The van der Waals surface area contributed by atoms with E-state index in [-0.39, 0.29) is 0 Å². The van der Waals surface area contributed by atoms with E-state index >= 15 is 0 Å². The first kappa shape index (κ1) is 53.8. The van der Waals surface area contributed by atoms with Crippen molar-refractivity contribution in [1.82, 2.24) is 0 Å². The fourth-order valence-electron chi connectivity index (χ4n) is 8.43. The van der Waals surface area contributed by atoms with Crippen LogP contribution >= 0.6 is 0 Å². The third-order valence-corrected chi connectivity index (χ3v) is 12.5. The molecule has 4 nitrogen and oxygen atoms in total. The van der Waals surface area contributed by atoms with Crippen LogP contribution in [-0.4, -0.2) is 13.2 Å². The molecule has 2 aromatic carbocycles. The molecule has 0 unspecified atom stereocenters. The largest absolute Gasteiger partial charge is 0.494 e. The normalized spacial score (nSPS) is 11.6. The van der Waals surface area contributed by atoms with Crippen LogP contribution in [0, 0.1) is 0 Å². The number of nitrogens with zero attached hydrogens (tertiary/aromatic N) is 2. The first-order chi connectivity index (χ1) is 29.8. The average molecular weight is 831 g/mol. The minimum absolute atomic E-state index is 0.786. The van der Waals surface area contributed by atoms with Gasteiger partial charge in [0.1, 0.15) is 11.5 Å². The molecule has 0 aliphatic heterocycles. The van der Waals surface area contributed by atoms with Crippen molar-refractivity contribution in [3.63, 3.8) is 0 Å². The molecule has 2 rings (SSSR count). The standard InChI is InChI=1S/C56H98N2O2/c1-3-5-7-9-11-13-15-17-19-21-23-25-27-29-31-33-35-37-39-41-51-59-55-47-43-53(44-48-55)57-58-54-45-49-56(50-46-54)60-52-42-40-38-36-34-32-30-28-26-24-22-20-18-16-14-12-10-8-6-4-2/h43-50H,3-42,51-52H2,1-2H3. The molecule has 60 heavy (non-hydrogen) atoms. The van der Waals surface area contributed by atoms with Crippen molar-refractivity contribution < 1.29 is 9.47 Å². The number of hydrogen-bond donors (Lipinski definition) is 0. The Morgan fingerprint density at radius 1 is 0.250 bits per heavy atom. The SMILES string of the molecule is CCCCCCCCCCCCCCCCCCCCCCOc1ccc(N=Nc2ccc(OCCCCCCCCCCCCCCCCCCCCCC)cc2)cc1. The van der Waals surface area contributed by atoms with Gasteiger partial charge < -0.3 is 9.47 Å². The van der Waals surface area contributed by atoms with Crippen LogP contribution in [0.4, 0.5) is 11.4 Å². The number of unbranched alkanes of at least 4 members (excludes halogenated alkanes) is 38. The molecule has 0 radical (unpaired) electrons. The van der Waals surface area contributed by atoms with E-state index in [1.807, 2.05) is 48.5 Å². The molecule has 0 fully saturated rings. The molecular formula is C56H98N2O2. The van der Waals surface area contributed by atoms with Crippen molar-refractivity contribution >= 4 is 11.4 Å². The Kier molecular flexibility index (Phi) is 38.8. The summed E-state index contributed by atoms with van der Waals surface area (Å²) < 4.78 is 12.0. The summed E-state index contributed by atoms with van der Waals surface area (Å²) in [6, 6.07) is 15.9. The van der Waals surface area contributed by atoms with Gasteiger partial charge in [0.25, 0.3) is 0 Å². The summed E-state index contributed by atoms with van der Waals surface area (Å²) in [7, 11) is 0. The monoisotopic (exact) mass is 831 g/mol. The maximum absolute atomic E-state index is 5.99. The lowest BCUT2D eigenvalue weighted by Gasteiger charge is -2.07. The Hall–Kier alpha value is -2.36. The van der Waals surface area contributed by atoms with E-state index in [0.717, 1.165) is 48.9 Å². The van der Waals surface area contributed by atoms with Crippen molar-refractivity contribution in [3.8, 4) is 11.5 Å². The van der Waals surface area contributed by atoms with Gasteiger partial charge in [-0.15, -0.1) is 0 Å². The van der Waals surface area contributed by atoms with Crippen molar-refractivity contribution in [1.29, 1.82) is 0 Å². The molecule has 0 N–H and O–H groups in total. The number of hydrogen-bond acceptors (Lipinski definition) is 4. The predicted molar refractivity (Wildman–Crippen MR) is 264 cm³/mol. The Morgan fingerprint density at radius 2 is 0.433 bits per heavy atom. The first-order valence-corrected chi connectivity index (χ1v) is 26.7. The van der Waals surface area contributed by atoms with Crippen LogP contribution < -0.4 is 9.47 Å². The average Bonchev–Trinajstić information content (AvgIpc) is 3.27. The quantitative estimate of drug-likeness (QED) is 0.0493. The molecule has 0 saturated carbocycles. The Labute approximate surface area is 373 Å². The van der Waals surface area contributed by atoms with Crippen molar-refractivity contribution in [2.45, 2.75) is 271 Å². The highest BCUT2D eigenvalue weighted by atomic mass is 16.5. The Balaban J connectivity index is 1.33. The lowest BCUT2D eigenvalue weighted by molar-refractivity contribution is 0.304. The molecule has 0 bridgehead atoms. The first-order valence-electron chi connectivity index (χ1n) is 26.7. The minimum atomic E-state index is 0.786. The second kappa shape index (κ2) is 43.3. The second-order valence-corrected chi connectivity index (χ2v) is 18.3. The third kappa shape index (κ3) is 35.3. The summed E-state index contributed by atoms with van der Waals surface area (Å²) in [6.07, 6.45) is 56.2. The highest BCUT2D eigenvalue weighted by molar-refractivity contribution is 5.44. The zero-order chi connectivity index (χ0) is 42.5. The molecule has 344 valence electrons. The zero-order valence-corrected chi connectivity index (χ0v) is 40.0. The molecular weight excluding hydrogens is 733 g/mol. The molecule has 0 spiro atoms. The van der Waals surface area contributed by atoms with Gasteiger partial charge >= 0.3 is 0 Å². The van der Waals surface area contributed by atoms with E-state index in [1.165, 1.54) is 244 Å². The number of ether oxygens (including phenoxy) is 2. The Morgan fingerprint density at radius 3 is 0.633 bits per heavy atom. The van der Waals surface area contributed by atoms with E-state index in [0.29, 0.717) is 0 Å². The van der Waals surface area contributed by atoms with Gasteiger partial charge in [0.15, 0.2) is 0 Å². The van der Waals surface area contributed by atoms with Crippen LogP contribution in [0.3, 0.4) is 0 Å². The highest BCUT2D eigenvalue weighted by Crippen LogP contribution is 2.24. The second-order valence-electron chi connectivity index (χ2n) is 18.3. The molecule has 0 aliphatic rings. The van der Waals surface area contributed by atoms with E-state index < -0.39 is 0 Å². The van der Waals surface area contributed by atoms with Gasteiger partial charge in [-0.25, -0.2) is 0 Å². The summed E-state index contributed by atoms with van der Waals surface area (Å²) in [5, 5.41) is 8.85. The fourth-order valence-corrected chi connectivity index (χ4v) is 8.43. The van der Waals surface area contributed by atoms with Gasteiger partial charge in [0.2, 0.25) is 0 Å². The number of azo groups is 1. The maximum atomic E-state index is 5.99. The minimum Gasteiger partial charge on any atom is -0.494 e. The van der Waals surface area contributed by atoms with Gasteiger partial charge in [-0.3, -0.25) is 0 Å². The third-order valence-electron chi connectivity index (χ3n) is 12.5. The van der Waals surface area contributed by atoms with Crippen LogP contribution in [0.15, 0.2) is 58.8 Å². The van der Waals surface area contributed by atoms with E-state index in [9.17, 15) is 0 Å². The molecule has 0 amide bonds. The van der Waals surface area contributed by atoms with Gasteiger partial charge in [0.05, 0.1) is 24.6 Å². The maximum Gasteiger partial charge on any atom is 0.119 e. The van der Waals surface area contributed by atoms with Crippen LogP contribution in [0.1, 0.15) is 271 Å². The fraction of sp³-hybridized carbons (Fsp3) is 0.786. The molecule has 0 heterocycles. The lowest BCUT2D eigenvalue weighted by Crippen LogP contribution is -1.97. The summed E-state index contributed by atoms with van der Waals surface area (Å²) in [4.78, 5) is 0. The number of rotatable bonds is 46.